The van der Waals surface area contributed by atoms with E-state index in [0.717, 1.165) is 33.5 Å². The second kappa shape index (κ2) is 8.00. The van der Waals surface area contributed by atoms with Crippen molar-refractivity contribution in [1.29, 1.82) is 0 Å². The van der Waals surface area contributed by atoms with E-state index in [1.165, 1.54) is 0 Å². The van der Waals surface area contributed by atoms with Crippen molar-refractivity contribution in [3.63, 3.8) is 0 Å². The van der Waals surface area contributed by atoms with E-state index in [2.05, 4.69) is 15.3 Å². The molecule has 0 radical (unpaired) electrons. The SMILES string of the molecule is Cc1n[nH]cc1-c1ccc2c(c1)C(O)N([C@H](C)c1cccc(OCC(=O)O)c1)N=C2. The zero-order valence-corrected chi connectivity index (χ0v) is 16.6. The molecular formula is C22H22N4O4. The average molecular weight is 406 g/mol. The average Bonchev–Trinajstić information content (AvgIpc) is 3.18. The molecule has 3 aromatic rings. The summed E-state index contributed by atoms with van der Waals surface area (Å²) in [6.45, 7) is 3.44. The first-order valence-electron chi connectivity index (χ1n) is 9.53. The first-order valence-corrected chi connectivity index (χ1v) is 9.53. The van der Waals surface area contributed by atoms with Crippen LogP contribution in [0.15, 0.2) is 53.8 Å². The highest BCUT2D eigenvalue weighted by molar-refractivity contribution is 5.84. The number of hydrogen-bond acceptors (Lipinski definition) is 6. The van der Waals surface area contributed by atoms with E-state index in [9.17, 15) is 9.90 Å². The fraction of sp³-hybridized carbons (Fsp3) is 0.227. The van der Waals surface area contributed by atoms with Crippen molar-refractivity contribution in [2.24, 2.45) is 5.10 Å². The summed E-state index contributed by atoms with van der Waals surface area (Å²) < 4.78 is 5.27. The summed E-state index contributed by atoms with van der Waals surface area (Å²) in [6.07, 6.45) is 2.63. The molecule has 2 atom stereocenters. The molecule has 8 nitrogen and oxygen atoms in total. The molecule has 1 aliphatic heterocycles. The summed E-state index contributed by atoms with van der Waals surface area (Å²) in [6, 6.07) is 12.7. The molecule has 0 fully saturated rings. The van der Waals surface area contributed by atoms with Crippen molar-refractivity contribution in [3.05, 3.63) is 71.0 Å². The van der Waals surface area contributed by atoms with Gasteiger partial charge in [-0.3, -0.25) is 10.1 Å². The van der Waals surface area contributed by atoms with Gasteiger partial charge in [-0.2, -0.15) is 10.2 Å². The van der Waals surface area contributed by atoms with E-state index in [0.29, 0.717) is 5.75 Å². The summed E-state index contributed by atoms with van der Waals surface area (Å²) >= 11 is 0. The lowest BCUT2D eigenvalue weighted by Crippen LogP contribution is -2.30. The Morgan fingerprint density at radius 1 is 1.30 bits per heavy atom. The molecule has 0 amide bonds. The van der Waals surface area contributed by atoms with Gasteiger partial charge in [-0.25, -0.2) is 4.79 Å². The smallest absolute Gasteiger partial charge is 0.341 e. The van der Waals surface area contributed by atoms with Crippen LogP contribution in [0.4, 0.5) is 0 Å². The van der Waals surface area contributed by atoms with Gasteiger partial charge in [0.15, 0.2) is 12.8 Å². The largest absolute Gasteiger partial charge is 0.482 e. The number of aromatic amines is 1. The van der Waals surface area contributed by atoms with Crippen molar-refractivity contribution in [2.45, 2.75) is 26.1 Å². The number of fused-ring (bicyclic) bond motifs is 1. The topological polar surface area (TPSA) is 111 Å². The number of benzene rings is 2. The molecule has 0 spiro atoms. The number of nitrogens with one attached hydrogen (secondary N) is 1. The van der Waals surface area contributed by atoms with Crippen molar-refractivity contribution in [2.75, 3.05) is 6.61 Å². The number of rotatable bonds is 6. The number of carboxylic acid groups (broad SMARTS) is 1. The van der Waals surface area contributed by atoms with Gasteiger partial charge in [0.25, 0.3) is 0 Å². The summed E-state index contributed by atoms with van der Waals surface area (Å²) in [5, 5.41) is 33.0. The Bertz CT molecular complexity index is 1110. The van der Waals surface area contributed by atoms with Gasteiger partial charge in [-0.1, -0.05) is 24.3 Å². The van der Waals surface area contributed by atoms with Crippen LogP contribution in [-0.2, 0) is 4.79 Å². The van der Waals surface area contributed by atoms with Gasteiger partial charge in [0.05, 0.1) is 18.0 Å². The first-order chi connectivity index (χ1) is 14.4. The summed E-state index contributed by atoms with van der Waals surface area (Å²) in [5.74, 6) is -0.583. The summed E-state index contributed by atoms with van der Waals surface area (Å²) in [4.78, 5) is 10.7. The number of hydrazone groups is 1. The summed E-state index contributed by atoms with van der Waals surface area (Å²) in [5.41, 5.74) is 5.29. The number of aliphatic hydroxyl groups excluding tert-OH is 1. The number of H-pyrrole nitrogens is 1. The van der Waals surface area contributed by atoms with Crippen LogP contribution in [0.2, 0.25) is 0 Å². The third kappa shape index (κ3) is 3.77. The summed E-state index contributed by atoms with van der Waals surface area (Å²) in [7, 11) is 0. The molecule has 0 saturated heterocycles. The van der Waals surface area contributed by atoms with Crippen molar-refractivity contribution in [3.8, 4) is 16.9 Å². The Morgan fingerprint density at radius 2 is 2.13 bits per heavy atom. The first kappa shape index (κ1) is 19.7. The minimum Gasteiger partial charge on any atom is -0.482 e. The molecule has 3 N–H and O–H groups in total. The highest BCUT2D eigenvalue weighted by atomic mass is 16.5. The molecule has 4 rings (SSSR count). The highest BCUT2D eigenvalue weighted by Crippen LogP contribution is 2.36. The van der Waals surface area contributed by atoms with Crippen molar-refractivity contribution >= 4 is 12.2 Å². The number of aliphatic hydroxyl groups is 1. The maximum Gasteiger partial charge on any atom is 0.341 e. The van der Waals surface area contributed by atoms with Gasteiger partial charge in [-0.05, 0) is 43.2 Å². The molecule has 8 heteroatoms. The predicted molar refractivity (Wildman–Crippen MR) is 111 cm³/mol. The van der Waals surface area contributed by atoms with Gasteiger partial charge in [-0.15, -0.1) is 0 Å². The lowest BCUT2D eigenvalue weighted by atomic mass is 9.97. The molecule has 154 valence electrons. The second-order valence-electron chi connectivity index (χ2n) is 7.16. The zero-order valence-electron chi connectivity index (χ0n) is 16.6. The molecule has 1 aromatic heterocycles. The molecule has 30 heavy (non-hydrogen) atoms. The quantitative estimate of drug-likeness (QED) is 0.579. The number of carbonyl (C=O) groups is 1. The maximum absolute atomic E-state index is 11.1. The van der Waals surface area contributed by atoms with Crippen LogP contribution in [0.3, 0.4) is 0 Å². The lowest BCUT2D eigenvalue weighted by Gasteiger charge is -2.34. The van der Waals surface area contributed by atoms with Gasteiger partial charge >= 0.3 is 5.97 Å². The number of aliphatic carboxylic acids is 1. The molecular weight excluding hydrogens is 384 g/mol. The van der Waals surface area contributed by atoms with Gasteiger partial charge < -0.3 is 14.9 Å². The minimum absolute atomic E-state index is 0.267. The maximum atomic E-state index is 11.1. The molecule has 1 unspecified atom stereocenters. The minimum atomic E-state index is -1.04. The van der Waals surface area contributed by atoms with E-state index < -0.39 is 18.8 Å². The molecule has 0 aliphatic carbocycles. The van der Waals surface area contributed by atoms with Crippen LogP contribution < -0.4 is 4.74 Å². The Labute approximate surface area is 173 Å². The van der Waals surface area contributed by atoms with Gasteiger partial charge in [0.1, 0.15) is 5.75 Å². The molecule has 0 saturated carbocycles. The third-order valence-corrected chi connectivity index (χ3v) is 5.19. The van der Waals surface area contributed by atoms with E-state index in [1.54, 1.807) is 29.4 Å². The van der Waals surface area contributed by atoms with E-state index in [1.807, 2.05) is 44.3 Å². The number of nitrogens with zero attached hydrogens (tertiary/aromatic N) is 3. The van der Waals surface area contributed by atoms with Crippen LogP contribution >= 0.6 is 0 Å². The standard InChI is InChI=1S/C22H22N4O4/c1-13-20(11-23-25-13)16-6-7-17-10-24-26(22(29)19(17)9-16)14(2)15-4-3-5-18(8-15)30-12-21(27)28/h3-11,14,22,29H,12H2,1-2H3,(H,23,25)(H,27,28)/t14-,22?/m1/s1. The highest BCUT2D eigenvalue weighted by Gasteiger charge is 2.28. The van der Waals surface area contributed by atoms with E-state index >= 15 is 0 Å². The molecule has 2 heterocycles. The van der Waals surface area contributed by atoms with E-state index in [-0.39, 0.29) is 6.04 Å². The third-order valence-electron chi connectivity index (χ3n) is 5.19. The van der Waals surface area contributed by atoms with Gasteiger partial charge in [0, 0.05) is 22.9 Å². The normalized spacial score (nSPS) is 16.2. The molecule has 0 bridgehead atoms. The Kier molecular flexibility index (Phi) is 5.24. The Balaban J connectivity index is 1.60. The van der Waals surface area contributed by atoms with Gasteiger partial charge in [0.2, 0.25) is 0 Å². The lowest BCUT2D eigenvalue weighted by molar-refractivity contribution is -0.139. The van der Waals surface area contributed by atoms with Crippen molar-refractivity contribution in [1.82, 2.24) is 15.2 Å². The monoisotopic (exact) mass is 406 g/mol. The molecule has 2 aromatic carbocycles. The Morgan fingerprint density at radius 3 is 2.87 bits per heavy atom. The van der Waals surface area contributed by atoms with E-state index in [4.69, 9.17) is 9.84 Å². The number of aryl methyl sites for hydroxylation is 1. The van der Waals surface area contributed by atoms with Crippen LogP contribution in [-0.4, -0.2) is 44.2 Å². The number of aromatic nitrogens is 2. The van der Waals surface area contributed by atoms with Crippen molar-refractivity contribution < 1.29 is 19.7 Å². The zero-order chi connectivity index (χ0) is 21.3. The van der Waals surface area contributed by atoms with Crippen LogP contribution in [0.1, 0.15) is 41.6 Å². The number of ether oxygens (including phenoxy) is 1. The molecule has 1 aliphatic rings. The van der Waals surface area contributed by atoms with Crippen LogP contribution in [0.5, 0.6) is 5.75 Å². The number of carboxylic acids is 1. The fourth-order valence-electron chi connectivity index (χ4n) is 3.54. The second-order valence-corrected chi connectivity index (χ2v) is 7.16. The van der Waals surface area contributed by atoms with Crippen LogP contribution in [0, 0.1) is 6.92 Å². The Hall–Kier alpha value is -3.65. The number of hydrogen-bond donors (Lipinski definition) is 3. The van der Waals surface area contributed by atoms with Crippen LogP contribution in [0.25, 0.3) is 11.1 Å². The predicted octanol–water partition coefficient (Wildman–Crippen LogP) is 3.25. The fourth-order valence-corrected chi connectivity index (χ4v) is 3.54.